The first-order valence-electron chi connectivity index (χ1n) is 6.54. The van der Waals surface area contributed by atoms with Crippen LogP contribution in [0.15, 0.2) is 29.4 Å². The van der Waals surface area contributed by atoms with Crippen LogP contribution in [0.4, 0.5) is 17.3 Å². The van der Waals surface area contributed by atoms with Crippen molar-refractivity contribution in [2.75, 3.05) is 0 Å². The number of rotatable bonds is 4. The van der Waals surface area contributed by atoms with E-state index in [1.807, 2.05) is 0 Å². The topological polar surface area (TPSA) is 153 Å². The van der Waals surface area contributed by atoms with Gasteiger partial charge < -0.3 is 10.1 Å². The van der Waals surface area contributed by atoms with Crippen molar-refractivity contribution < 1.29 is 9.85 Å². The molecule has 1 aromatic heterocycles. The Kier molecular flexibility index (Phi) is 3.39. The van der Waals surface area contributed by atoms with Gasteiger partial charge >= 0.3 is 5.82 Å². The molecule has 1 aliphatic rings. The highest BCUT2D eigenvalue weighted by Crippen LogP contribution is 2.38. The molecule has 2 heterocycles. The van der Waals surface area contributed by atoms with E-state index < -0.39 is 9.85 Å². The highest BCUT2D eigenvalue weighted by Gasteiger charge is 2.36. The van der Waals surface area contributed by atoms with Gasteiger partial charge in [-0.15, -0.1) is 0 Å². The summed E-state index contributed by atoms with van der Waals surface area (Å²) in [5.41, 5.74) is 9.27. The number of benzene rings is 1. The molecule has 0 saturated heterocycles. The number of imidazole rings is 1. The van der Waals surface area contributed by atoms with Crippen molar-refractivity contribution >= 4 is 17.3 Å². The van der Waals surface area contributed by atoms with Crippen molar-refractivity contribution in [3.05, 3.63) is 66.3 Å². The quantitative estimate of drug-likeness (QED) is 0.279. The van der Waals surface area contributed by atoms with E-state index in [9.17, 15) is 20.2 Å². The molecule has 3 rings (SSSR count). The first kappa shape index (κ1) is 14.5. The highest BCUT2D eigenvalue weighted by molar-refractivity contribution is 5.50. The second-order valence-corrected chi connectivity index (χ2v) is 4.98. The van der Waals surface area contributed by atoms with Gasteiger partial charge in [0.15, 0.2) is 5.82 Å². The van der Waals surface area contributed by atoms with Crippen molar-refractivity contribution in [2.24, 2.45) is 5.11 Å². The fraction of sp³-hybridized carbons (Fsp3) is 0.250. The molecule has 0 bridgehead atoms. The first-order chi connectivity index (χ1) is 11.0. The largest absolute Gasteiger partial charge is 0.358 e. The molecule has 1 atom stereocenters. The van der Waals surface area contributed by atoms with E-state index in [-0.39, 0.29) is 23.2 Å². The van der Waals surface area contributed by atoms with E-state index in [0.29, 0.717) is 18.8 Å². The number of nitro benzene ring substituents is 1. The zero-order valence-electron chi connectivity index (χ0n) is 11.6. The van der Waals surface area contributed by atoms with Crippen molar-refractivity contribution in [2.45, 2.75) is 18.9 Å². The molecular weight excluding hydrogens is 306 g/mol. The van der Waals surface area contributed by atoms with E-state index in [1.54, 1.807) is 12.1 Å². The number of aromatic nitrogens is 2. The Morgan fingerprint density at radius 1 is 1.26 bits per heavy atom. The van der Waals surface area contributed by atoms with E-state index >= 15 is 0 Å². The Bertz CT molecular complexity index is 851. The molecule has 2 aromatic rings. The lowest BCUT2D eigenvalue weighted by molar-refractivity contribution is -0.391. The highest BCUT2D eigenvalue weighted by atomic mass is 16.6. The summed E-state index contributed by atoms with van der Waals surface area (Å²) in [6.07, 6.45) is 0.430. The number of fused-ring (bicyclic) bond motifs is 1. The van der Waals surface area contributed by atoms with E-state index in [2.05, 4.69) is 15.0 Å². The number of hydrogen-bond acceptors (Lipinski definition) is 6. The third kappa shape index (κ3) is 2.45. The van der Waals surface area contributed by atoms with Gasteiger partial charge in [-0.05, 0) is 21.1 Å². The molecule has 1 unspecified atom stereocenters. The summed E-state index contributed by atoms with van der Waals surface area (Å²) in [6, 6.07) is 6.07. The maximum absolute atomic E-state index is 11.2. The van der Waals surface area contributed by atoms with Gasteiger partial charge in [0.05, 0.1) is 11.5 Å². The molecule has 23 heavy (non-hydrogen) atoms. The summed E-state index contributed by atoms with van der Waals surface area (Å²) in [4.78, 5) is 27.3. The molecule has 11 nitrogen and oxygen atoms in total. The van der Waals surface area contributed by atoms with Crippen molar-refractivity contribution in [3.63, 3.8) is 0 Å². The van der Waals surface area contributed by atoms with Gasteiger partial charge in [-0.2, -0.15) is 0 Å². The lowest BCUT2D eigenvalue weighted by atomic mass is 9.97. The van der Waals surface area contributed by atoms with Crippen LogP contribution in [0.2, 0.25) is 0 Å². The molecule has 0 saturated carbocycles. The molecule has 0 radical (unpaired) electrons. The Labute approximate surface area is 128 Å². The summed E-state index contributed by atoms with van der Waals surface area (Å²) in [6.45, 7) is 0.303. The van der Waals surface area contributed by atoms with Gasteiger partial charge in [-0.3, -0.25) is 10.1 Å². The SMILES string of the molecule is [N-]=[N+]=Nc1nc2n(c1[N+](=O)[O-])CC(c1ccc([N+](=O)[O-])cc1)C2. The molecule has 11 heteroatoms. The lowest BCUT2D eigenvalue weighted by Crippen LogP contribution is -2.04. The predicted molar refractivity (Wildman–Crippen MR) is 77.2 cm³/mol. The Morgan fingerprint density at radius 3 is 2.52 bits per heavy atom. The molecule has 0 aliphatic carbocycles. The van der Waals surface area contributed by atoms with Gasteiger partial charge in [0.25, 0.3) is 5.69 Å². The molecule has 1 aliphatic heterocycles. The molecule has 0 spiro atoms. The summed E-state index contributed by atoms with van der Waals surface area (Å²) in [5.74, 6) is -0.184. The number of nitro groups is 2. The van der Waals surface area contributed by atoms with Gasteiger partial charge in [-0.1, -0.05) is 12.1 Å². The minimum Gasteiger partial charge on any atom is -0.358 e. The van der Waals surface area contributed by atoms with Crippen LogP contribution in [0.5, 0.6) is 0 Å². The van der Waals surface area contributed by atoms with Crippen LogP contribution in [-0.2, 0) is 13.0 Å². The minimum atomic E-state index is -0.626. The van der Waals surface area contributed by atoms with Gasteiger partial charge in [0.1, 0.15) is 0 Å². The summed E-state index contributed by atoms with van der Waals surface area (Å²) in [5, 5.41) is 25.1. The summed E-state index contributed by atoms with van der Waals surface area (Å²) < 4.78 is 1.41. The summed E-state index contributed by atoms with van der Waals surface area (Å²) >= 11 is 0. The predicted octanol–water partition coefficient (Wildman–Crippen LogP) is 2.98. The molecule has 1 aromatic carbocycles. The van der Waals surface area contributed by atoms with Crippen LogP contribution >= 0.6 is 0 Å². The Morgan fingerprint density at radius 2 is 1.96 bits per heavy atom. The zero-order valence-corrected chi connectivity index (χ0v) is 11.6. The summed E-state index contributed by atoms with van der Waals surface area (Å²) in [7, 11) is 0. The Balaban J connectivity index is 1.91. The molecule has 0 fully saturated rings. The maximum atomic E-state index is 11.2. The van der Waals surface area contributed by atoms with Gasteiger partial charge in [-0.25, -0.2) is 9.55 Å². The lowest BCUT2D eigenvalue weighted by Gasteiger charge is -2.07. The van der Waals surface area contributed by atoms with Crippen LogP contribution in [0, 0.1) is 20.2 Å². The second kappa shape index (κ2) is 5.39. The van der Waals surface area contributed by atoms with Gasteiger partial charge in [0, 0.05) is 29.4 Å². The van der Waals surface area contributed by atoms with Crippen molar-refractivity contribution in [1.82, 2.24) is 9.55 Å². The number of hydrogen-bond donors (Lipinski definition) is 0. The Hall–Kier alpha value is -3.46. The van der Waals surface area contributed by atoms with E-state index in [0.717, 1.165) is 5.56 Å². The fourth-order valence-electron chi connectivity index (χ4n) is 2.71. The minimum absolute atomic E-state index is 0.0129. The van der Waals surface area contributed by atoms with Crippen LogP contribution in [0.3, 0.4) is 0 Å². The maximum Gasteiger partial charge on any atom is 0.352 e. The van der Waals surface area contributed by atoms with Crippen molar-refractivity contribution in [1.29, 1.82) is 0 Å². The standard InChI is InChI=1S/C12H9N7O4/c13-16-15-11-12(19(22)23)17-6-8(5-10(17)14-11)7-1-3-9(4-2-7)18(20)21/h1-4,8H,5-6H2. The van der Waals surface area contributed by atoms with E-state index in [4.69, 9.17) is 5.53 Å². The van der Waals surface area contributed by atoms with Crippen molar-refractivity contribution in [3.8, 4) is 0 Å². The first-order valence-corrected chi connectivity index (χ1v) is 6.54. The van der Waals surface area contributed by atoms with E-state index in [1.165, 1.54) is 16.7 Å². The fourth-order valence-corrected chi connectivity index (χ4v) is 2.71. The van der Waals surface area contributed by atoms with Crippen LogP contribution in [0.1, 0.15) is 17.3 Å². The van der Waals surface area contributed by atoms with Gasteiger partial charge in [0.2, 0.25) is 5.82 Å². The van der Waals surface area contributed by atoms with Crippen LogP contribution < -0.4 is 0 Å². The third-order valence-corrected chi connectivity index (χ3v) is 3.72. The number of non-ortho nitro benzene ring substituents is 1. The second-order valence-electron chi connectivity index (χ2n) is 4.98. The smallest absolute Gasteiger partial charge is 0.352 e. The molecule has 116 valence electrons. The number of nitrogens with zero attached hydrogens (tertiary/aromatic N) is 7. The molecule has 0 amide bonds. The monoisotopic (exact) mass is 315 g/mol. The zero-order chi connectivity index (χ0) is 16.6. The molecule has 0 N–H and O–H groups in total. The average Bonchev–Trinajstić information content (AvgIpc) is 3.04. The molecular formula is C12H9N7O4. The van der Waals surface area contributed by atoms with Crippen LogP contribution in [-0.4, -0.2) is 19.4 Å². The number of azide groups is 1. The normalized spacial score (nSPS) is 15.7. The third-order valence-electron chi connectivity index (χ3n) is 3.72. The average molecular weight is 315 g/mol. The van der Waals surface area contributed by atoms with Crippen LogP contribution in [0.25, 0.3) is 10.4 Å².